The van der Waals surface area contributed by atoms with Crippen molar-refractivity contribution in [2.45, 2.75) is 30.9 Å². The molecule has 0 heterocycles. The van der Waals surface area contributed by atoms with Gasteiger partial charge in [0.25, 0.3) is 0 Å². The van der Waals surface area contributed by atoms with Crippen molar-refractivity contribution in [1.29, 1.82) is 0 Å². The monoisotopic (exact) mass is 281 g/mol. The number of amides is 1. The lowest BCUT2D eigenvalue weighted by Gasteiger charge is -2.24. The summed E-state index contributed by atoms with van der Waals surface area (Å²) >= 11 is 1.51. The highest BCUT2D eigenvalue weighted by Crippen LogP contribution is 2.19. The van der Waals surface area contributed by atoms with Crippen LogP contribution in [0.1, 0.15) is 19.4 Å². The van der Waals surface area contributed by atoms with Gasteiger partial charge < -0.3 is 10.0 Å². The van der Waals surface area contributed by atoms with E-state index >= 15 is 0 Å². The Kier molecular flexibility index (Phi) is 5.89. The first kappa shape index (κ1) is 15.6. The SMILES string of the molecule is CC(SCc1ccccc1)C(=O)N(C)C(C)C(=O)O. The third-order valence-electron chi connectivity index (χ3n) is 2.98. The Morgan fingerprint density at radius 1 is 1.26 bits per heavy atom. The van der Waals surface area contributed by atoms with E-state index < -0.39 is 12.0 Å². The van der Waals surface area contributed by atoms with Gasteiger partial charge in [0, 0.05) is 12.8 Å². The number of hydrogen-bond donors (Lipinski definition) is 1. The van der Waals surface area contributed by atoms with E-state index in [4.69, 9.17) is 5.11 Å². The summed E-state index contributed by atoms with van der Waals surface area (Å²) in [6.45, 7) is 3.32. The van der Waals surface area contributed by atoms with E-state index in [-0.39, 0.29) is 11.2 Å². The van der Waals surface area contributed by atoms with Crippen molar-refractivity contribution in [3.63, 3.8) is 0 Å². The molecule has 1 aromatic rings. The van der Waals surface area contributed by atoms with Crippen LogP contribution in [0.4, 0.5) is 0 Å². The van der Waals surface area contributed by atoms with Crippen LogP contribution in [0.2, 0.25) is 0 Å². The maximum atomic E-state index is 12.1. The summed E-state index contributed by atoms with van der Waals surface area (Å²) in [6.07, 6.45) is 0. The molecule has 4 nitrogen and oxygen atoms in total. The molecule has 0 fully saturated rings. The van der Waals surface area contributed by atoms with Crippen LogP contribution in [-0.2, 0) is 15.3 Å². The van der Waals surface area contributed by atoms with Gasteiger partial charge in [0.15, 0.2) is 0 Å². The molecule has 0 aromatic heterocycles. The van der Waals surface area contributed by atoms with Crippen LogP contribution in [0.5, 0.6) is 0 Å². The van der Waals surface area contributed by atoms with E-state index in [1.54, 1.807) is 6.92 Å². The molecule has 1 aromatic carbocycles. The number of nitrogens with zero attached hydrogens (tertiary/aromatic N) is 1. The molecule has 104 valence electrons. The van der Waals surface area contributed by atoms with Crippen molar-refractivity contribution in [2.75, 3.05) is 7.05 Å². The number of carbonyl (C=O) groups excluding carboxylic acids is 1. The van der Waals surface area contributed by atoms with Gasteiger partial charge in [0.05, 0.1) is 5.25 Å². The quantitative estimate of drug-likeness (QED) is 0.869. The predicted octanol–water partition coefficient (Wildman–Crippen LogP) is 2.24. The number of likely N-dealkylation sites (N-methyl/N-ethyl adjacent to an activating group) is 1. The van der Waals surface area contributed by atoms with Gasteiger partial charge in [-0.1, -0.05) is 30.3 Å². The summed E-state index contributed by atoms with van der Waals surface area (Å²) in [5.74, 6) is -0.407. The molecule has 0 aliphatic carbocycles. The van der Waals surface area contributed by atoms with E-state index in [9.17, 15) is 9.59 Å². The zero-order valence-electron chi connectivity index (χ0n) is 11.4. The van der Waals surface area contributed by atoms with Crippen LogP contribution in [-0.4, -0.2) is 40.2 Å². The zero-order chi connectivity index (χ0) is 14.4. The number of benzene rings is 1. The van der Waals surface area contributed by atoms with Crippen LogP contribution in [0.25, 0.3) is 0 Å². The predicted molar refractivity (Wildman–Crippen MR) is 77.1 cm³/mol. The molecule has 0 radical (unpaired) electrons. The number of hydrogen-bond acceptors (Lipinski definition) is 3. The molecule has 1 amide bonds. The standard InChI is InChI=1S/C14H19NO3S/c1-10(14(17)18)15(3)13(16)11(2)19-9-12-7-5-4-6-8-12/h4-8,10-11H,9H2,1-3H3,(H,17,18). The highest BCUT2D eigenvalue weighted by Gasteiger charge is 2.25. The minimum Gasteiger partial charge on any atom is -0.480 e. The average Bonchev–Trinajstić information content (AvgIpc) is 2.43. The number of thioether (sulfide) groups is 1. The van der Waals surface area contributed by atoms with Crippen LogP contribution in [0, 0.1) is 0 Å². The average molecular weight is 281 g/mol. The van der Waals surface area contributed by atoms with E-state index in [1.807, 2.05) is 30.3 Å². The van der Waals surface area contributed by atoms with Gasteiger partial charge in [-0.3, -0.25) is 4.79 Å². The van der Waals surface area contributed by atoms with Gasteiger partial charge in [-0.2, -0.15) is 0 Å². The molecular formula is C14H19NO3S. The molecule has 0 spiro atoms. The van der Waals surface area contributed by atoms with Gasteiger partial charge in [0.1, 0.15) is 6.04 Å². The van der Waals surface area contributed by atoms with Gasteiger partial charge in [-0.15, -0.1) is 11.8 Å². The van der Waals surface area contributed by atoms with Crippen LogP contribution in [0.15, 0.2) is 30.3 Å². The van der Waals surface area contributed by atoms with Crippen molar-refractivity contribution in [3.05, 3.63) is 35.9 Å². The molecule has 19 heavy (non-hydrogen) atoms. The second-order valence-electron chi connectivity index (χ2n) is 4.40. The van der Waals surface area contributed by atoms with Gasteiger partial charge in [-0.25, -0.2) is 4.79 Å². The van der Waals surface area contributed by atoms with Gasteiger partial charge in [0.2, 0.25) is 5.91 Å². The fourth-order valence-corrected chi connectivity index (χ4v) is 2.45. The highest BCUT2D eigenvalue weighted by molar-refractivity contribution is 7.99. The number of aliphatic carboxylic acids is 1. The van der Waals surface area contributed by atoms with E-state index in [0.29, 0.717) is 0 Å². The van der Waals surface area contributed by atoms with E-state index in [1.165, 1.54) is 30.6 Å². The maximum absolute atomic E-state index is 12.1. The fourth-order valence-electron chi connectivity index (χ4n) is 1.51. The van der Waals surface area contributed by atoms with Crippen molar-refractivity contribution in [3.8, 4) is 0 Å². The first-order valence-electron chi connectivity index (χ1n) is 6.08. The van der Waals surface area contributed by atoms with E-state index in [0.717, 1.165) is 11.3 Å². The van der Waals surface area contributed by atoms with Crippen molar-refractivity contribution >= 4 is 23.6 Å². The number of rotatable bonds is 6. The summed E-state index contributed by atoms with van der Waals surface area (Å²) < 4.78 is 0. The molecule has 2 atom stereocenters. The normalized spacial score (nSPS) is 13.6. The second-order valence-corrected chi connectivity index (χ2v) is 5.73. The van der Waals surface area contributed by atoms with Crippen molar-refractivity contribution in [2.24, 2.45) is 0 Å². The Morgan fingerprint density at radius 2 is 1.84 bits per heavy atom. The molecule has 0 bridgehead atoms. The van der Waals surface area contributed by atoms with Crippen molar-refractivity contribution < 1.29 is 14.7 Å². The smallest absolute Gasteiger partial charge is 0.326 e. The Morgan fingerprint density at radius 3 is 2.37 bits per heavy atom. The first-order chi connectivity index (χ1) is 8.93. The zero-order valence-corrected chi connectivity index (χ0v) is 12.2. The number of carboxylic acid groups (broad SMARTS) is 1. The number of carbonyl (C=O) groups is 2. The minimum atomic E-state index is -0.990. The Hall–Kier alpha value is -1.49. The molecule has 0 saturated carbocycles. The highest BCUT2D eigenvalue weighted by atomic mass is 32.2. The summed E-state index contributed by atoms with van der Waals surface area (Å²) in [5.41, 5.74) is 1.15. The minimum absolute atomic E-state index is 0.157. The lowest BCUT2D eigenvalue weighted by molar-refractivity contribution is -0.147. The molecular weight excluding hydrogens is 262 g/mol. The molecule has 2 unspecified atom stereocenters. The summed E-state index contributed by atoms with van der Waals surface area (Å²) in [4.78, 5) is 24.2. The third kappa shape index (κ3) is 4.59. The molecule has 1 N–H and O–H groups in total. The van der Waals surface area contributed by atoms with Gasteiger partial charge in [-0.05, 0) is 19.4 Å². The number of carboxylic acids is 1. The summed E-state index contributed by atoms with van der Waals surface area (Å²) in [7, 11) is 1.53. The van der Waals surface area contributed by atoms with Crippen molar-refractivity contribution in [1.82, 2.24) is 4.90 Å². The molecule has 0 saturated heterocycles. The lowest BCUT2D eigenvalue weighted by atomic mass is 10.2. The molecule has 1 rings (SSSR count). The first-order valence-corrected chi connectivity index (χ1v) is 7.13. The Labute approximate surface area is 117 Å². The third-order valence-corrected chi connectivity index (χ3v) is 4.18. The molecule has 0 aliphatic heterocycles. The topological polar surface area (TPSA) is 57.6 Å². The molecule has 5 heteroatoms. The lowest BCUT2D eigenvalue weighted by Crippen LogP contribution is -2.43. The van der Waals surface area contributed by atoms with Crippen LogP contribution < -0.4 is 0 Å². The second kappa shape index (κ2) is 7.19. The van der Waals surface area contributed by atoms with Crippen LogP contribution in [0.3, 0.4) is 0 Å². The molecule has 0 aliphatic rings. The summed E-state index contributed by atoms with van der Waals surface area (Å²) in [5, 5.41) is 8.63. The largest absolute Gasteiger partial charge is 0.480 e. The fraction of sp³-hybridized carbons (Fsp3) is 0.429. The Balaban J connectivity index is 2.51. The maximum Gasteiger partial charge on any atom is 0.326 e. The van der Waals surface area contributed by atoms with Gasteiger partial charge >= 0.3 is 5.97 Å². The van der Waals surface area contributed by atoms with E-state index in [2.05, 4.69) is 0 Å². The Bertz CT molecular complexity index is 436. The summed E-state index contributed by atoms with van der Waals surface area (Å²) in [6, 6.07) is 9.08. The van der Waals surface area contributed by atoms with Crippen LogP contribution >= 0.6 is 11.8 Å².